The molecule has 1 N–H and O–H groups in total. The first-order valence-electron chi connectivity index (χ1n) is 9.36. The lowest BCUT2D eigenvalue weighted by atomic mass is 10.00. The number of furan rings is 2. The maximum atomic E-state index is 13.1. The number of aliphatic hydroxyl groups is 1. The molecule has 1 amide bonds. The third-order valence-electron chi connectivity index (χ3n) is 5.07. The fraction of sp³-hybridized carbons (Fsp3) is 0.136. The number of aromatic nitrogens is 1. The van der Waals surface area contributed by atoms with E-state index in [0.717, 1.165) is 22.2 Å². The highest BCUT2D eigenvalue weighted by molar-refractivity contribution is 7.22. The van der Waals surface area contributed by atoms with Crippen molar-refractivity contribution in [3.8, 4) is 0 Å². The highest BCUT2D eigenvalue weighted by Crippen LogP contribution is 2.44. The number of amides is 1. The molecule has 4 heterocycles. The van der Waals surface area contributed by atoms with Crippen LogP contribution in [0.15, 0.2) is 75.2 Å². The van der Waals surface area contributed by atoms with Crippen LogP contribution >= 0.6 is 11.3 Å². The number of hydrogen-bond acceptors (Lipinski definition) is 7. The largest absolute Gasteiger partial charge is 0.503 e. The van der Waals surface area contributed by atoms with Crippen molar-refractivity contribution >= 4 is 38.4 Å². The molecule has 0 radical (unpaired) electrons. The summed E-state index contributed by atoms with van der Waals surface area (Å²) >= 11 is 1.32. The molecule has 4 aromatic rings. The SMILES string of the molecule is CCc1ccc2nc(N3C(=O)C(O)=C(C(=O)c4ccco4)[C@H]3c3ccco3)sc2c1. The standard InChI is InChI=1S/C22H16N2O5S/c1-2-12-7-8-13-16(11-12)30-22(23-13)24-18(14-5-3-9-28-14)17(20(26)21(24)27)19(25)15-6-4-10-29-15/h3-11,18,26H,2H2,1H3/t18-/m1/s1. The second kappa shape index (κ2) is 7.00. The molecule has 0 saturated heterocycles. The molecule has 5 rings (SSSR count). The second-order valence-corrected chi connectivity index (χ2v) is 7.82. The summed E-state index contributed by atoms with van der Waals surface area (Å²) in [6.45, 7) is 2.06. The van der Waals surface area contributed by atoms with E-state index in [9.17, 15) is 14.7 Å². The van der Waals surface area contributed by atoms with Gasteiger partial charge in [-0.2, -0.15) is 0 Å². The Bertz CT molecular complexity index is 1280. The number of thiazole rings is 1. The normalized spacial score (nSPS) is 16.8. The topological polar surface area (TPSA) is 96.8 Å². The molecule has 30 heavy (non-hydrogen) atoms. The van der Waals surface area contributed by atoms with Crippen LogP contribution in [0.4, 0.5) is 5.13 Å². The molecule has 1 aliphatic heterocycles. The van der Waals surface area contributed by atoms with Crippen LogP contribution in [-0.4, -0.2) is 21.8 Å². The van der Waals surface area contributed by atoms with Gasteiger partial charge in [-0.1, -0.05) is 24.3 Å². The zero-order valence-electron chi connectivity index (χ0n) is 15.9. The number of aryl methyl sites for hydroxylation is 1. The molecular weight excluding hydrogens is 404 g/mol. The Labute approximate surface area is 174 Å². The maximum absolute atomic E-state index is 13.1. The maximum Gasteiger partial charge on any atom is 0.296 e. The van der Waals surface area contributed by atoms with Crippen molar-refractivity contribution in [3.63, 3.8) is 0 Å². The Kier molecular flexibility index (Phi) is 4.29. The van der Waals surface area contributed by atoms with Crippen LogP contribution in [0, 0.1) is 0 Å². The summed E-state index contributed by atoms with van der Waals surface area (Å²) in [7, 11) is 0. The molecule has 0 bridgehead atoms. The van der Waals surface area contributed by atoms with Gasteiger partial charge in [-0.15, -0.1) is 0 Å². The minimum atomic E-state index is -0.948. The fourth-order valence-corrected chi connectivity index (χ4v) is 4.63. The Morgan fingerprint density at radius 2 is 2.00 bits per heavy atom. The zero-order chi connectivity index (χ0) is 20.8. The summed E-state index contributed by atoms with van der Waals surface area (Å²) in [5, 5.41) is 11.0. The monoisotopic (exact) mass is 420 g/mol. The van der Waals surface area contributed by atoms with E-state index in [1.54, 1.807) is 18.2 Å². The fourth-order valence-electron chi connectivity index (χ4n) is 3.57. The van der Waals surface area contributed by atoms with Gasteiger partial charge in [0.25, 0.3) is 5.91 Å². The van der Waals surface area contributed by atoms with E-state index >= 15 is 0 Å². The van der Waals surface area contributed by atoms with Gasteiger partial charge in [0, 0.05) is 0 Å². The van der Waals surface area contributed by atoms with Crippen molar-refractivity contribution < 1.29 is 23.5 Å². The molecule has 0 aliphatic carbocycles. The summed E-state index contributed by atoms with van der Waals surface area (Å²) in [6, 6.07) is 11.3. The summed E-state index contributed by atoms with van der Waals surface area (Å²) in [5.41, 5.74) is 1.80. The number of carbonyl (C=O) groups is 2. The van der Waals surface area contributed by atoms with Gasteiger partial charge >= 0.3 is 0 Å². The predicted molar refractivity (Wildman–Crippen MR) is 111 cm³/mol. The molecule has 1 aliphatic rings. The third-order valence-corrected chi connectivity index (χ3v) is 6.08. The Balaban J connectivity index is 1.65. The molecule has 1 atom stereocenters. The predicted octanol–water partition coefficient (Wildman–Crippen LogP) is 4.83. The van der Waals surface area contributed by atoms with Crippen LogP contribution in [0.25, 0.3) is 10.2 Å². The number of benzene rings is 1. The lowest BCUT2D eigenvalue weighted by Gasteiger charge is -2.21. The van der Waals surface area contributed by atoms with E-state index in [0.29, 0.717) is 10.9 Å². The number of ketones is 1. The van der Waals surface area contributed by atoms with Gasteiger partial charge in [-0.3, -0.25) is 14.5 Å². The van der Waals surface area contributed by atoms with Crippen LogP contribution in [0.5, 0.6) is 0 Å². The van der Waals surface area contributed by atoms with E-state index < -0.39 is 23.5 Å². The average molecular weight is 420 g/mol. The van der Waals surface area contributed by atoms with E-state index in [1.807, 2.05) is 18.2 Å². The van der Waals surface area contributed by atoms with Crippen LogP contribution < -0.4 is 4.90 Å². The summed E-state index contributed by atoms with van der Waals surface area (Å²) in [5.74, 6) is -1.55. The number of carbonyl (C=O) groups excluding carboxylic acids is 2. The lowest BCUT2D eigenvalue weighted by Crippen LogP contribution is -2.30. The number of hydrogen-bond donors (Lipinski definition) is 1. The molecule has 0 spiro atoms. The van der Waals surface area contributed by atoms with Gasteiger partial charge in [0.15, 0.2) is 16.7 Å². The van der Waals surface area contributed by atoms with E-state index in [4.69, 9.17) is 8.83 Å². The van der Waals surface area contributed by atoms with E-state index in [-0.39, 0.29) is 11.3 Å². The summed E-state index contributed by atoms with van der Waals surface area (Å²) in [6.07, 6.45) is 3.69. The summed E-state index contributed by atoms with van der Waals surface area (Å²) in [4.78, 5) is 32.0. The van der Waals surface area contributed by atoms with Gasteiger partial charge in [-0.05, 0) is 48.4 Å². The first kappa shape index (κ1) is 18.4. The molecule has 7 nitrogen and oxygen atoms in total. The third kappa shape index (κ3) is 2.76. The van der Waals surface area contributed by atoms with Gasteiger partial charge in [-0.25, -0.2) is 4.98 Å². The zero-order valence-corrected chi connectivity index (χ0v) is 16.7. The Morgan fingerprint density at radius 3 is 2.70 bits per heavy atom. The van der Waals surface area contributed by atoms with Crippen LogP contribution in [0.3, 0.4) is 0 Å². The second-order valence-electron chi connectivity index (χ2n) is 6.81. The minimum Gasteiger partial charge on any atom is -0.503 e. The quantitative estimate of drug-likeness (QED) is 0.465. The van der Waals surface area contributed by atoms with Gasteiger partial charge in [0.1, 0.15) is 11.8 Å². The molecule has 150 valence electrons. The minimum absolute atomic E-state index is 0.0274. The molecule has 0 fully saturated rings. The smallest absolute Gasteiger partial charge is 0.296 e. The Morgan fingerprint density at radius 1 is 1.20 bits per heavy atom. The highest BCUT2D eigenvalue weighted by atomic mass is 32.1. The molecule has 3 aromatic heterocycles. The number of Topliss-reactive ketones (excluding diaryl/α,β-unsaturated/α-hetero) is 1. The first-order chi connectivity index (χ1) is 14.6. The highest BCUT2D eigenvalue weighted by Gasteiger charge is 2.47. The van der Waals surface area contributed by atoms with Crippen molar-refractivity contribution in [2.45, 2.75) is 19.4 Å². The number of fused-ring (bicyclic) bond motifs is 1. The number of anilines is 1. The average Bonchev–Trinajstić information content (AvgIpc) is 3.54. The van der Waals surface area contributed by atoms with Crippen LogP contribution in [-0.2, 0) is 11.2 Å². The van der Waals surface area contributed by atoms with Gasteiger partial charge in [0.05, 0.1) is 28.3 Å². The Hall–Kier alpha value is -3.65. The lowest BCUT2D eigenvalue weighted by molar-refractivity contribution is -0.117. The van der Waals surface area contributed by atoms with E-state index in [1.165, 1.54) is 34.8 Å². The molecule has 0 unspecified atom stereocenters. The van der Waals surface area contributed by atoms with Crippen LogP contribution in [0.1, 0.15) is 34.8 Å². The van der Waals surface area contributed by atoms with Crippen molar-refractivity contribution in [2.75, 3.05) is 4.90 Å². The van der Waals surface area contributed by atoms with Crippen molar-refractivity contribution in [3.05, 3.63) is 83.4 Å². The number of aliphatic hydroxyl groups excluding tert-OH is 1. The van der Waals surface area contributed by atoms with Gasteiger partial charge in [0.2, 0.25) is 5.78 Å². The van der Waals surface area contributed by atoms with Crippen molar-refractivity contribution in [1.82, 2.24) is 4.98 Å². The van der Waals surface area contributed by atoms with Crippen molar-refractivity contribution in [2.24, 2.45) is 0 Å². The number of nitrogens with zero attached hydrogens (tertiary/aromatic N) is 2. The molecule has 1 aromatic carbocycles. The molecule has 8 heteroatoms. The molecule has 0 saturated carbocycles. The molecular formula is C22H16N2O5S. The van der Waals surface area contributed by atoms with E-state index in [2.05, 4.69) is 11.9 Å². The van der Waals surface area contributed by atoms with Gasteiger partial charge < -0.3 is 13.9 Å². The van der Waals surface area contributed by atoms with Crippen LogP contribution in [0.2, 0.25) is 0 Å². The first-order valence-corrected chi connectivity index (χ1v) is 10.2. The summed E-state index contributed by atoms with van der Waals surface area (Å²) < 4.78 is 11.6. The van der Waals surface area contributed by atoms with Crippen molar-refractivity contribution in [1.29, 1.82) is 0 Å². The number of rotatable bonds is 5.